The number of rotatable bonds is 3. The van der Waals surface area contributed by atoms with Crippen molar-refractivity contribution in [3.05, 3.63) is 30.1 Å². The highest BCUT2D eigenvalue weighted by Crippen LogP contribution is 2.25. The van der Waals surface area contributed by atoms with Gasteiger partial charge in [-0.25, -0.2) is 4.79 Å². The van der Waals surface area contributed by atoms with Crippen molar-refractivity contribution in [2.45, 2.75) is 58.2 Å². The maximum Gasteiger partial charge on any atom is 0.410 e. The average Bonchev–Trinajstić information content (AvgIpc) is 2.52. The summed E-state index contributed by atoms with van der Waals surface area (Å²) in [5.74, 6) is 0. The minimum Gasteiger partial charge on any atom is -0.444 e. The zero-order valence-electron chi connectivity index (χ0n) is 15.0. The number of carbonyl (C=O) groups is 1. The molecule has 5 heteroatoms. The first-order valence-electron chi connectivity index (χ1n) is 8.39. The largest absolute Gasteiger partial charge is 0.444 e. The van der Waals surface area contributed by atoms with Crippen LogP contribution < -0.4 is 0 Å². The van der Waals surface area contributed by atoms with Gasteiger partial charge >= 0.3 is 6.09 Å². The summed E-state index contributed by atoms with van der Waals surface area (Å²) in [7, 11) is 1.84. The Morgan fingerprint density at radius 2 is 2.17 bits per heavy atom. The van der Waals surface area contributed by atoms with Crippen LogP contribution in [0.15, 0.2) is 24.4 Å². The molecule has 5 nitrogen and oxygen atoms in total. The van der Waals surface area contributed by atoms with E-state index in [1.54, 1.807) is 4.90 Å². The third kappa shape index (κ3) is 4.93. The second-order valence-electron chi connectivity index (χ2n) is 7.31. The van der Waals surface area contributed by atoms with E-state index in [2.05, 4.69) is 22.9 Å². The quantitative estimate of drug-likeness (QED) is 0.856. The van der Waals surface area contributed by atoms with Gasteiger partial charge in [0.15, 0.2) is 0 Å². The Morgan fingerprint density at radius 3 is 2.78 bits per heavy atom. The van der Waals surface area contributed by atoms with Crippen molar-refractivity contribution in [2.75, 3.05) is 20.1 Å². The van der Waals surface area contributed by atoms with E-state index in [1.807, 2.05) is 46.1 Å². The second kappa shape index (κ2) is 7.30. The normalized spacial score (nSPS) is 20.8. The molecule has 1 amide bonds. The van der Waals surface area contributed by atoms with Crippen LogP contribution in [0.5, 0.6) is 0 Å². The Kier molecular flexibility index (Phi) is 5.63. The molecule has 23 heavy (non-hydrogen) atoms. The van der Waals surface area contributed by atoms with E-state index in [0.717, 1.165) is 31.6 Å². The fraction of sp³-hybridized carbons (Fsp3) is 0.667. The minimum absolute atomic E-state index is 0.185. The van der Waals surface area contributed by atoms with Gasteiger partial charge in [0.2, 0.25) is 0 Å². The molecule has 128 valence electrons. The molecule has 1 aliphatic rings. The molecule has 2 heterocycles. The Hall–Kier alpha value is -1.62. The van der Waals surface area contributed by atoms with Gasteiger partial charge in [0, 0.05) is 31.9 Å². The van der Waals surface area contributed by atoms with Crippen LogP contribution in [0, 0.1) is 0 Å². The SMILES string of the molecule is C[C@H](c1ccccn1)N1CCC[C@H](N(C)C(=O)OC(C)(C)C)C1. The summed E-state index contributed by atoms with van der Waals surface area (Å²) in [5, 5.41) is 0. The Balaban J connectivity index is 1.99. The summed E-state index contributed by atoms with van der Waals surface area (Å²) in [6.45, 7) is 9.77. The Morgan fingerprint density at radius 1 is 1.43 bits per heavy atom. The van der Waals surface area contributed by atoms with Gasteiger partial charge in [-0.2, -0.15) is 0 Å². The Bertz CT molecular complexity index is 513. The topological polar surface area (TPSA) is 45.7 Å². The first kappa shape index (κ1) is 17.7. The molecule has 1 aliphatic heterocycles. The summed E-state index contributed by atoms with van der Waals surface area (Å²) < 4.78 is 5.49. The number of nitrogens with zero attached hydrogens (tertiary/aromatic N) is 3. The molecule has 0 aliphatic carbocycles. The molecule has 1 saturated heterocycles. The van der Waals surface area contributed by atoms with Crippen LogP contribution in [0.4, 0.5) is 4.79 Å². The summed E-state index contributed by atoms with van der Waals surface area (Å²) in [5.41, 5.74) is 0.620. The molecule has 0 bridgehead atoms. The van der Waals surface area contributed by atoms with E-state index in [4.69, 9.17) is 4.74 Å². The zero-order valence-corrected chi connectivity index (χ0v) is 15.0. The lowest BCUT2D eigenvalue weighted by molar-refractivity contribution is 0.0104. The van der Waals surface area contributed by atoms with Crippen molar-refractivity contribution in [3.8, 4) is 0 Å². The summed E-state index contributed by atoms with van der Waals surface area (Å²) in [4.78, 5) is 20.9. The van der Waals surface area contributed by atoms with E-state index in [-0.39, 0.29) is 18.2 Å². The number of ether oxygens (including phenoxy) is 1. The van der Waals surface area contributed by atoms with Crippen molar-refractivity contribution in [1.82, 2.24) is 14.8 Å². The van der Waals surface area contributed by atoms with Gasteiger partial charge in [-0.15, -0.1) is 0 Å². The van der Waals surface area contributed by atoms with Gasteiger partial charge in [-0.3, -0.25) is 9.88 Å². The van der Waals surface area contributed by atoms with Gasteiger partial charge in [0.1, 0.15) is 5.60 Å². The van der Waals surface area contributed by atoms with Crippen molar-refractivity contribution < 1.29 is 9.53 Å². The number of likely N-dealkylation sites (tertiary alicyclic amines) is 1. The molecule has 2 rings (SSSR count). The number of likely N-dealkylation sites (N-methyl/N-ethyl adjacent to an activating group) is 1. The molecule has 0 radical (unpaired) electrons. The van der Waals surface area contributed by atoms with Crippen LogP contribution in [0.1, 0.15) is 52.3 Å². The lowest BCUT2D eigenvalue weighted by Crippen LogP contribution is -2.50. The van der Waals surface area contributed by atoms with Gasteiger partial charge < -0.3 is 9.64 Å². The van der Waals surface area contributed by atoms with Crippen molar-refractivity contribution in [2.24, 2.45) is 0 Å². The van der Waals surface area contributed by atoms with Crippen molar-refractivity contribution >= 4 is 6.09 Å². The number of hydrogen-bond acceptors (Lipinski definition) is 4. The number of aromatic nitrogens is 1. The fourth-order valence-electron chi connectivity index (χ4n) is 2.94. The highest BCUT2D eigenvalue weighted by molar-refractivity contribution is 5.68. The molecule has 0 aromatic carbocycles. The highest BCUT2D eigenvalue weighted by Gasteiger charge is 2.31. The average molecular weight is 319 g/mol. The Labute approximate surface area is 139 Å². The lowest BCUT2D eigenvalue weighted by Gasteiger charge is -2.40. The smallest absolute Gasteiger partial charge is 0.410 e. The molecule has 0 unspecified atom stereocenters. The summed E-state index contributed by atoms with van der Waals surface area (Å²) in [6, 6.07) is 6.46. The van der Waals surface area contributed by atoms with Crippen LogP contribution in [-0.4, -0.2) is 52.7 Å². The van der Waals surface area contributed by atoms with Gasteiger partial charge in [0.25, 0.3) is 0 Å². The van der Waals surface area contributed by atoms with Gasteiger partial charge in [-0.05, 0) is 59.2 Å². The van der Waals surface area contributed by atoms with Gasteiger partial charge in [-0.1, -0.05) is 6.07 Å². The van der Waals surface area contributed by atoms with E-state index in [9.17, 15) is 4.79 Å². The molecule has 1 aromatic heterocycles. The maximum atomic E-state index is 12.3. The fourth-order valence-corrected chi connectivity index (χ4v) is 2.94. The minimum atomic E-state index is -0.457. The molecule has 0 N–H and O–H groups in total. The van der Waals surface area contributed by atoms with Crippen LogP contribution in [-0.2, 0) is 4.74 Å². The number of hydrogen-bond donors (Lipinski definition) is 0. The van der Waals surface area contributed by atoms with Crippen LogP contribution >= 0.6 is 0 Å². The van der Waals surface area contributed by atoms with E-state index < -0.39 is 5.60 Å². The third-order valence-electron chi connectivity index (χ3n) is 4.32. The van der Waals surface area contributed by atoms with Crippen molar-refractivity contribution in [1.29, 1.82) is 0 Å². The first-order valence-corrected chi connectivity index (χ1v) is 8.39. The number of pyridine rings is 1. The predicted molar refractivity (Wildman–Crippen MR) is 91.2 cm³/mol. The van der Waals surface area contributed by atoms with Crippen LogP contribution in [0.2, 0.25) is 0 Å². The highest BCUT2D eigenvalue weighted by atomic mass is 16.6. The predicted octanol–water partition coefficient (Wildman–Crippen LogP) is 3.47. The van der Waals surface area contributed by atoms with Gasteiger partial charge in [0.05, 0.1) is 5.69 Å². The maximum absolute atomic E-state index is 12.3. The number of piperidine rings is 1. The van der Waals surface area contributed by atoms with Crippen LogP contribution in [0.3, 0.4) is 0 Å². The molecule has 0 spiro atoms. The van der Waals surface area contributed by atoms with Crippen LogP contribution in [0.25, 0.3) is 0 Å². The first-order chi connectivity index (χ1) is 10.8. The molecule has 2 atom stereocenters. The molecule has 1 fully saturated rings. The third-order valence-corrected chi connectivity index (χ3v) is 4.32. The molecule has 1 aromatic rings. The summed E-state index contributed by atoms with van der Waals surface area (Å²) in [6.07, 6.45) is 3.69. The molecular weight excluding hydrogens is 290 g/mol. The standard InChI is InChI=1S/C18H29N3O2/c1-14(16-10-6-7-11-19-16)21-12-8-9-15(13-21)20(5)17(22)23-18(2,3)4/h6-7,10-11,14-15H,8-9,12-13H2,1-5H3/t14-,15+/m1/s1. The van der Waals surface area contributed by atoms with E-state index in [1.165, 1.54) is 0 Å². The van der Waals surface area contributed by atoms with Crippen molar-refractivity contribution in [3.63, 3.8) is 0 Å². The molecule has 0 saturated carbocycles. The van der Waals surface area contributed by atoms with E-state index in [0.29, 0.717) is 0 Å². The lowest BCUT2D eigenvalue weighted by atomic mass is 10.0. The van der Waals surface area contributed by atoms with E-state index >= 15 is 0 Å². The summed E-state index contributed by atoms with van der Waals surface area (Å²) >= 11 is 0. The number of carbonyl (C=O) groups excluding carboxylic acids is 1. The second-order valence-corrected chi connectivity index (χ2v) is 7.31. The molecular formula is C18H29N3O2. The zero-order chi connectivity index (χ0) is 17.0. The number of amides is 1. The monoisotopic (exact) mass is 319 g/mol.